The van der Waals surface area contributed by atoms with Crippen LogP contribution in [0, 0.1) is 0 Å². The van der Waals surface area contributed by atoms with Crippen LogP contribution >= 0.6 is 11.6 Å². The Morgan fingerprint density at radius 1 is 1.09 bits per heavy atom. The molecule has 0 saturated heterocycles. The summed E-state index contributed by atoms with van der Waals surface area (Å²) < 4.78 is 32.7. The lowest BCUT2D eigenvalue weighted by Crippen LogP contribution is -2.36. The summed E-state index contributed by atoms with van der Waals surface area (Å²) in [5.41, 5.74) is 2.94. The van der Waals surface area contributed by atoms with Gasteiger partial charge in [0.2, 0.25) is 0 Å². The molecule has 0 fully saturated rings. The number of hydrogen-bond donors (Lipinski definition) is 1. The first kappa shape index (κ1) is 29.1. The van der Waals surface area contributed by atoms with Crippen molar-refractivity contribution in [2.75, 3.05) is 20.3 Å². The Kier molecular flexibility index (Phi) is 11.1. The highest BCUT2D eigenvalue weighted by Gasteiger charge is 2.24. The SMILES string of the molecule is COc1cc(CCOC(C)=O)c(OCC[C@H](N[S@@](=O)C(C)(C)C)c2ccc(Cl)cc2)cc1C(C)C. The van der Waals surface area contributed by atoms with Crippen molar-refractivity contribution in [3.63, 3.8) is 0 Å². The van der Waals surface area contributed by atoms with E-state index in [1.165, 1.54) is 6.92 Å². The van der Waals surface area contributed by atoms with Crippen molar-refractivity contribution in [2.45, 2.75) is 71.1 Å². The van der Waals surface area contributed by atoms with Crippen molar-refractivity contribution < 1.29 is 23.2 Å². The second-order valence-electron chi connectivity index (χ2n) is 9.69. The summed E-state index contributed by atoms with van der Waals surface area (Å²) in [6, 6.07) is 11.3. The molecule has 35 heavy (non-hydrogen) atoms. The van der Waals surface area contributed by atoms with Gasteiger partial charge in [-0.2, -0.15) is 0 Å². The molecule has 2 rings (SSSR count). The molecule has 6 nitrogen and oxygen atoms in total. The van der Waals surface area contributed by atoms with Crippen LogP contribution in [0.4, 0.5) is 0 Å². The molecule has 8 heteroatoms. The van der Waals surface area contributed by atoms with Crippen LogP contribution < -0.4 is 14.2 Å². The van der Waals surface area contributed by atoms with Crippen LogP contribution in [0.2, 0.25) is 5.02 Å². The quantitative estimate of drug-likeness (QED) is 0.338. The normalized spacial score (nSPS) is 13.4. The summed E-state index contributed by atoms with van der Waals surface area (Å²) in [4.78, 5) is 11.2. The topological polar surface area (TPSA) is 73.9 Å². The van der Waals surface area contributed by atoms with Gasteiger partial charge in [0, 0.05) is 42.0 Å². The van der Waals surface area contributed by atoms with Crippen LogP contribution in [0.15, 0.2) is 36.4 Å². The first-order chi connectivity index (χ1) is 16.4. The summed E-state index contributed by atoms with van der Waals surface area (Å²) in [7, 11) is 0.396. The van der Waals surface area contributed by atoms with Gasteiger partial charge in [-0.25, -0.2) is 8.93 Å². The van der Waals surface area contributed by atoms with E-state index in [0.717, 1.165) is 28.2 Å². The van der Waals surface area contributed by atoms with Crippen LogP contribution in [0.5, 0.6) is 11.5 Å². The number of ether oxygens (including phenoxy) is 3. The van der Waals surface area contributed by atoms with Gasteiger partial charge < -0.3 is 14.2 Å². The van der Waals surface area contributed by atoms with Gasteiger partial charge in [-0.05, 0) is 56.5 Å². The van der Waals surface area contributed by atoms with Crippen molar-refractivity contribution in [3.8, 4) is 11.5 Å². The van der Waals surface area contributed by atoms with E-state index in [0.29, 0.717) is 24.5 Å². The molecule has 1 N–H and O–H groups in total. The fourth-order valence-electron chi connectivity index (χ4n) is 3.46. The largest absolute Gasteiger partial charge is 0.496 e. The molecular formula is C27H38ClNO5S. The van der Waals surface area contributed by atoms with Gasteiger partial charge in [-0.15, -0.1) is 0 Å². The minimum Gasteiger partial charge on any atom is -0.496 e. The second kappa shape index (κ2) is 13.3. The van der Waals surface area contributed by atoms with Gasteiger partial charge in [0.05, 0.1) is 36.1 Å². The van der Waals surface area contributed by atoms with Crippen LogP contribution in [0.1, 0.15) is 76.6 Å². The molecule has 0 heterocycles. The minimum atomic E-state index is -1.25. The summed E-state index contributed by atoms with van der Waals surface area (Å²) in [6.45, 7) is 12.1. The summed E-state index contributed by atoms with van der Waals surface area (Å²) in [5, 5.41) is 0.651. The first-order valence-corrected chi connectivity index (χ1v) is 13.4. The van der Waals surface area contributed by atoms with Gasteiger partial charge >= 0.3 is 5.97 Å². The number of halogens is 1. The highest BCUT2D eigenvalue weighted by atomic mass is 35.5. The standard InChI is InChI=1S/C27H38ClNO5S/c1-18(2)23-17-25(21(16-26(23)32-7)12-14-33-19(3)30)34-15-13-24(29-35(31)27(4,5)6)20-8-10-22(28)11-9-20/h8-11,16-18,24,29H,12-15H2,1-7H3/t24-,35-/m0/s1. The number of benzene rings is 2. The molecule has 194 valence electrons. The summed E-state index contributed by atoms with van der Waals surface area (Å²) in [6.07, 6.45) is 1.10. The van der Waals surface area contributed by atoms with Crippen molar-refractivity contribution >= 4 is 28.6 Å². The predicted molar refractivity (Wildman–Crippen MR) is 143 cm³/mol. The lowest BCUT2D eigenvalue weighted by Gasteiger charge is -2.25. The van der Waals surface area contributed by atoms with Crippen LogP contribution in [-0.4, -0.2) is 35.2 Å². The van der Waals surface area contributed by atoms with Gasteiger partial charge in [0.1, 0.15) is 11.5 Å². The van der Waals surface area contributed by atoms with Crippen LogP contribution in [0.25, 0.3) is 0 Å². The molecule has 0 saturated carbocycles. The molecule has 2 aromatic rings. The number of carbonyl (C=O) groups excluding carboxylic acids is 1. The highest BCUT2D eigenvalue weighted by Crippen LogP contribution is 2.34. The summed E-state index contributed by atoms with van der Waals surface area (Å²) >= 11 is 6.08. The predicted octanol–water partition coefficient (Wildman–Crippen LogP) is 6.14. The van der Waals surface area contributed by atoms with E-state index in [2.05, 4.69) is 18.6 Å². The lowest BCUT2D eigenvalue weighted by molar-refractivity contribution is -0.140. The molecule has 0 amide bonds. The Morgan fingerprint density at radius 2 is 1.74 bits per heavy atom. The smallest absolute Gasteiger partial charge is 0.302 e. The monoisotopic (exact) mass is 523 g/mol. The highest BCUT2D eigenvalue weighted by molar-refractivity contribution is 7.84. The van der Waals surface area contributed by atoms with Crippen LogP contribution in [-0.2, 0) is 26.9 Å². The third-order valence-electron chi connectivity index (χ3n) is 5.45. The molecule has 2 aromatic carbocycles. The zero-order chi connectivity index (χ0) is 26.2. The Hall–Kier alpha value is -2.09. The first-order valence-electron chi connectivity index (χ1n) is 11.8. The van der Waals surface area contributed by atoms with E-state index in [9.17, 15) is 9.00 Å². The van der Waals surface area contributed by atoms with E-state index in [1.54, 1.807) is 7.11 Å². The fourth-order valence-corrected chi connectivity index (χ4v) is 4.45. The number of methoxy groups -OCH3 is 1. The van der Waals surface area contributed by atoms with E-state index in [1.807, 2.05) is 57.2 Å². The zero-order valence-electron chi connectivity index (χ0n) is 21.8. The zero-order valence-corrected chi connectivity index (χ0v) is 23.3. The molecule has 0 bridgehead atoms. The number of rotatable bonds is 12. The molecule has 0 aromatic heterocycles. The maximum Gasteiger partial charge on any atom is 0.302 e. The third-order valence-corrected chi connectivity index (χ3v) is 7.32. The number of nitrogens with one attached hydrogen (secondary N) is 1. The second-order valence-corrected chi connectivity index (χ2v) is 12.1. The molecule has 0 radical (unpaired) electrons. The molecule has 0 aliphatic heterocycles. The molecule has 0 spiro atoms. The molecule has 2 atom stereocenters. The average Bonchev–Trinajstić information content (AvgIpc) is 2.78. The Labute approximate surface area is 217 Å². The van der Waals surface area contributed by atoms with E-state index in [-0.39, 0.29) is 24.5 Å². The molecule has 0 aliphatic carbocycles. The molecular weight excluding hydrogens is 486 g/mol. The molecule has 0 aliphatic rings. The van der Waals surface area contributed by atoms with Gasteiger partial charge in [0.25, 0.3) is 0 Å². The summed E-state index contributed by atoms with van der Waals surface area (Å²) in [5.74, 6) is 1.44. The Balaban J connectivity index is 2.25. The van der Waals surface area contributed by atoms with Crippen LogP contribution in [0.3, 0.4) is 0 Å². The van der Waals surface area contributed by atoms with Gasteiger partial charge in [-0.3, -0.25) is 4.79 Å². The molecule has 0 unspecified atom stereocenters. The minimum absolute atomic E-state index is 0.181. The Morgan fingerprint density at radius 3 is 2.29 bits per heavy atom. The third kappa shape index (κ3) is 9.13. The van der Waals surface area contributed by atoms with Crippen molar-refractivity contribution in [1.82, 2.24) is 4.72 Å². The van der Waals surface area contributed by atoms with E-state index >= 15 is 0 Å². The van der Waals surface area contributed by atoms with Gasteiger partial charge in [-0.1, -0.05) is 37.6 Å². The number of carbonyl (C=O) groups is 1. The maximum atomic E-state index is 12.8. The van der Waals surface area contributed by atoms with E-state index < -0.39 is 15.7 Å². The van der Waals surface area contributed by atoms with Crippen molar-refractivity contribution in [1.29, 1.82) is 0 Å². The van der Waals surface area contributed by atoms with Gasteiger partial charge in [0.15, 0.2) is 0 Å². The number of esters is 1. The average molecular weight is 524 g/mol. The lowest BCUT2D eigenvalue weighted by atomic mass is 9.98. The van der Waals surface area contributed by atoms with E-state index in [4.69, 9.17) is 25.8 Å². The fraction of sp³-hybridized carbons (Fsp3) is 0.519. The number of hydrogen-bond acceptors (Lipinski definition) is 5. The maximum absolute atomic E-state index is 12.8. The Bertz CT molecular complexity index is 1000. The van der Waals surface area contributed by atoms with Crippen molar-refractivity contribution in [3.05, 3.63) is 58.1 Å². The van der Waals surface area contributed by atoms with Crippen molar-refractivity contribution in [2.24, 2.45) is 0 Å².